The van der Waals surface area contributed by atoms with Gasteiger partial charge < -0.3 is 0 Å². The molecule has 106 valence electrons. The molecule has 3 nitrogen and oxygen atoms in total. The molecule has 3 rings (SSSR count). The third kappa shape index (κ3) is 2.51. The molecule has 21 heavy (non-hydrogen) atoms. The maximum Gasteiger partial charge on any atom is 0.272 e. The fourth-order valence-corrected chi connectivity index (χ4v) is 2.84. The number of H-pyrrole nitrogens is 1. The van der Waals surface area contributed by atoms with Crippen LogP contribution in [0.1, 0.15) is 0 Å². The van der Waals surface area contributed by atoms with E-state index in [1.165, 1.54) is 0 Å². The van der Waals surface area contributed by atoms with Crippen LogP contribution in [0.2, 0.25) is 0 Å². The summed E-state index contributed by atoms with van der Waals surface area (Å²) < 4.78 is 28.4. The third-order valence-corrected chi connectivity index (χ3v) is 4.20. The predicted molar refractivity (Wildman–Crippen MR) is 83.1 cm³/mol. The highest BCUT2D eigenvalue weighted by atomic mass is 79.9. The van der Waals surface area contributed by atoms with Gasteiger partial charge in [0, 0.05) is 19.9 Å². The van der Waals surface area contributed by atoms with Gasteiger partial charge in [-0.1, -0.05) is 31.9 Å². The van der Waals surface area contributed by atoms with Crippen LogP contribution >= 0.6 is 31.9 Å². The lowest BCUT2D eigenvalue weighted by Gasteiger charge is -2.08. The molecule has 1 heterocycles. The SMILES string of the molecule is O=c1[nH]nc(-c2cc(Br)ccc2Br)c2cc(F)c(F)cc12. The molecular formula is C14H6Br2F2N2O. The van der Waals surface area contributed by atoms with Crippen LogP contribution in [0.25, 0.3) is 22.0 Å². The third-order valence-electron chi connectivity index (χ3n) is 3.01. The highest BCUT2D eigenvalue weighted by molar-refractivity contribution is 9.11. The van der Waals surface area contributed by atoms with E-state index in [1.807, 2.05) is 6.07 Å². The molecule has 0 fully saturated rings. The van der Waals surface area contributed by atoms with E-state index in [4.69, 9.17) is 0 Å². The number of fused-ring (bicyclic) bond motifs is 1. The zero-order valence-electron chi connectivity index (χ0n) is 10.3. The number of aromatic nitrogens is 2. The highest BCUT2D eigenvalue weighted by Crippen LogP contribution is 2.33. The summed E-state index contributed by atoms with van der Waals surface area (Å²) in [6.07, 6.45) is 0. The Labute approximate surface area is 134 Å². The van der Waals surface area contributed by atoms with Crippen molar-refractivity contribution >= 4 is 42.6 Å². The molecule has 0 radical (unpaired) electrons. The maximum atomic E-state index is 13.5. The van der Waals surface area contributed by atoms with Crippen LogP contribution in [-0.4, -0.2) is 10.2 Å². The minimum absolute atomic E-state index is 0.0470. The maximum absolute atomic E-state index is 13.5. The van der Waals surface area contributed by atoms with E-state index in [2.05, 4.69) is 42.1 Å². The van der Waals surface area contributed by atoms with Crippen molar-refractivity contribution in [3.63, 3.8) is 0 Å². The second-order valence-corrected chi connectivity index (χ2v) is 6.11. The number of nitrogens with zero attached hydrogens (tertiary/aromatic N) is 1. The first kappa shape index (κ1) is 14.3. The molecule has 0 unspecified atom stereocenters. The highest BCUT2D eigenvalue weighted by Gasteiger charge is 2.15. The van der Waals surface area contributed by atoms with E-state index in [0.717, 1.165) is 21.1 Å². The zero-order valence-corrected chi connectivity index (χ0v) is 13.4. The van der Waals surface area contributed by atoms with Crippen molar-refractivity contribution in [2.75, 3.05) is 0 Å². The van der Waals surface area contributed by atoms with Crippen molar-refractivity contribution in [3.05, 3.63) is 61.3 Å². The van der Waals surface area contributed by atoms with Crippen LogP contribution in [-0.2, 0) is 0 Å². The van der Waals surface area contributed by atoms with Gasteiger partial charge >= 0.3 is 0 Å². The van der Waals surface area contributed by atoms with Gasteiger partial charge in [-0.25, -0.2) is 13.9 Å². The number of rotatable bonds is 1. The lowest BCUT2D eigenvalue weighted by atomic mass is 10.0. The quantitative estimate of drug-likeness (QED) is 0.640. The minimum Gasteiger partial charge on any atom is -0.267 e. The van der Waals surface area contributed by atoms with Gasteiger partial charge in [-0.3, -0.25) is 4.79 Å². The van der Waals surface area contributed by atoms with Gasteiger partial charge in [-0.05, 0) is 30.3 Å². The first-order valence-electron chi connectivity index (χ1n) is 5.80. The Morgan fingerprint density at radius 2 is 1.67 bits per heavy atom. The predicted octanol–water partition coefficient (Wildman–Crippen LogP) is 4.39. The molecule has 7 heteroatoms. The van der Waals surface area contributed by atoms with Gasteiger partial charge in [0.2, 0.25) is 0 Å². The Bertz CT molecular complexity index is 925. The summed E-state index contributed by atoms with van der Waals surface area (Å²) in [5, 5.41) is 6.57. The average Bonchev–Trinajstić information content (AvgIpc) is 2.45. The van der Waals surface area contributed by atoms with Crippen molar-refractivity contribution in [1.29, 1.82) is 0 Å². The standard InChI is InChI=1S/C14H6Br2F2N2O/c15-6-1-2-10(16)9(3-6)13-7-4-11(17)12(18)5-8(7)14(21)20-19-13/h1-5H,(H,20,21). The molecule has 0 aliphatic heterocycles. The van der Waals surface area contributed by atoms with Gasteiger partial charge in [-0.15, -0.1) is 0 Å². The summed E-state index contributed by atoms with van der Waals surface area (Å²) in [4.78, 5) is 11.7. The Morgan fingerprint density at radius 3 is 2.38 bits per heavy atom. The molecule has 0 bridgehead atoms. The topological polar surface area (TPSA) is 45.8 Å². The molecule has 0 atom stereocenters. The normalized spacial score (nSPS) is 11.0. The molecule has 0 saturated carbocycles. The van der Waals surface area contributed by atoms with E-state index in [-0.39, 0.29) is 10.8 Å². The van der Waals surface area contributed by atoms with Crippen LogP contribution in [0.4, 0.5) is 8.78 Å². The van der Waals surface area contributed by atoms with Crippen LogP contribution < -0.4 is 5.56 Å². The van der Waals surface area contributed by atoms with Crippen LogP contribution in [0.15, 0.2) is 44.1 Å². The number of halogens is 4. The summed E-state index contributed by atoms with van der Waals surface area (Å²) >= 11 is 6.73. The summed E-state index contributed by atoms with van der Waals surface area (Å²) in [7, 11) is 0. The van der Waals surface area contributed by atoms with Gasteiger partial charge in [0.15, 0.2) is 11.6 Å². The number of nitrogens with one attached hydrogen (secondary N) is 1. The summed E-state index contributed by atoms with van der Waals surface area (Å²) in [5.74, 6) is -2.10. The number of hydrogen-bond acceptors (Lipinski definition) is 2. The monoisotopic (exact) mass is 414 g/mol. The molecule has 0 aliphatic rings. The number of benzene rings is 2. The van der Waals surface area contributed by atoms with E-state index in [9.17, 15) is 13.6 Å². The van der Waals surface area contributed by atoms with Crippen LogP contribution in [0.5, 0.6) is 0 Å². The van der Waals surface area contributed by atoms with Crippen molar-refractivity contribution in [1.82, 2.24) is 10.2 Å². The second-order valence-electron chi connectivity index (χ2n) is 4.34. The van der Waals surface area contributed by atoms with Crippen molar-refractivity contribution in [2.24, 2.45) is 0 Å². The Balaban J connectivity index is 2.43. The molecular weight excluding hydrogens is 410 g/mol. The second kappa shape index (κ2) is 5.31. The minimum atomic E-state index is -1.07. The molecule has 0 spiro atoms. The summed E-state index contributed by atoms with van der Waals surface area (Å²) in [6, 6.07) is 7.24. The van der Waals surface area contributed by atoms with E-state index in [0.29, 0.717) is 11.3 Å². The molecule has 0 amide bonds. The first-order valence-corrected chi connectivity index (χ1v) is 7.39. The Morgan fingerprint density at radius 1 is 1.00 bits per heavy atom. The van der Waals surface area contributed by atoms with Crippen LogP contribution in [0.3, 0.4) is 0 Å². The van der Waals surface area contributed by atoms with Crippen molar-refractivity contribution < 1.29 is 8.78 Å². The lowest BCUT2D eigenvalue weighted by Crippen LogP contribution is -2.10. The van der Waals surface area contributed by atoms with E-state index >= 15 is 0 Å². The fourth-order valence-electron chi connectivity index (χ4n) is 2.04. The largest absolute Gasteiger partial charge is 0.272 e. The summed E-state index contributed by atoms with van der Waals surface area (Å²) in [6.45, 7) is 0. The fraction of sp³-hybridized carbons (Fsp3) is 0. The summed E-state index contributed by atoms with van der Waals surface area (Å²) in [5.41, 5.74) is 0.437. The van der Waals surface area contributed by atoms with Crippen LogP contribution in [0, 0.1) is 11.6 Å². The number of aromatic amines is 1. The molecule has 3 aromatic rings. The van der Waals surface area contributed by atoms with Gasteiger partial charge in [-0.2, -0.15) is 5.10 Å². The number of hydrogen-bond donors (Lipinski definition) is 1. The lowest BCUT2D eigenvalue weighted by molar-refractivity contribution is 0.511. The Kier molecular flexibility index (Phi) is 3.62. The molecule has 0 aliphatic carbocycles. The van der Waals surface area contributed by atoms with Gasteiger partial charge in [0.05, 0.1) is 11.1 Å². The van der Waals surface area contributed by atoms with Crippen molar-refractivity contribution in [2.45, 2.75) is 0 Å². The smallest absolute Gasteiger partial charge is 0.267 e. The van der Waals surface area contributed by atoms with Gasteiger partial charge in [0.1, 0.15) is 0 Å². The molecule has 0 saturated heterocycles. The van der Waals surface area contributed by atoms with E-state index < -0.39 is 17.2 Å². The molecule has 1 N–H and O–H groups in total. The molecule has 2 aromatic carbocycles. The molecule has 1 aromatic heterocycles. The van der Waals surface area contributed by atoms with E-state index in [1.54, 1.807) is 12.1 Å². The average molecular weight is 416 g/mol. The Hall–Kier alpha value is -1.60. The first-order chi connectivity index (χ1) is 9.97. The van der Waals surface area contributed by atoms with Gasteiger partial charge in [0.25, 0.3) is 5.56 Å². The van der Waals surface area contributed by atoms with Crippen molar-refractivity contribution in [3.8, 4) is 11.3 Å². The zero-order chi connectivity index (χ0) is 15.1.